The van der Waals surface area contributed by atoms with Crippen molar-refractivity contribution in [2.24, 2.45) is 4.99 Å². The number of carbonyl (C=O) groups excluding carboxylic acids is 1. The normalized spacial score (nSPS) is 14.9. The predicted molar refractivity (Wildman–Crippen MR) is 107 cm³/mol. The molecule has 0 radical (unpaired) electrons. The SMILES string of the molecule is CN(CCC#N)c1ccc(/C=C2N=C(/C=C/c3ccccc3)OC\2=O)cc1. The van der Waals surface area contributed by atoms with Gasteiger partial charge in [0.2, 0.25) is 5.90 Å². The third-order valence-corrected chi connectivity index (χ3v) is 4.05. The number of anilines is 1. The summed E-state index contributed by atoms with van der Waals surface area (Å²) in [7, 11) is 1.94. The Morgan fingerprint density at radius 2 is 1.81 bits per heavy atom. The van der Waals surface area contributed by atoms with Crippen LogP contribution in [0.3, 0.4) is 0 Å². The lowest BCUT2D eigenvalue weighted by atomic mass is 10.1. The fraction of sp³-hybridized carbons (Fsp3) is 0.136. The summed E-state index contributed by atoms with van der Waals surface area (Å²) in [6, 6.07) is 19.6. The Kier molecular flexibility index (Phi) is 5.80. The third-order valence-electron chi connectivity index (χ3n) is 4.05. The standard InChI is InChI=1S/C22H19N3O2/c1-25(15-5-14-23)19-11-8-18(9-12-19)16-20-22(26)27-21(24-20)13-10-17-6-3-2-4-7-17/h2-4,6-13,16H,5,15H2,1H3/b13-10+,20-16-. The molecule has 1 heterocycles. The van der Waals surface area contributed by atoms with Crippen molar-refractivity contribution in [1.29, 1.82) is 5.26 Å². The van der Waals surface area contributed by atoms with E-state index in [1.807, 2.05) is 72.6 Å². The Morgan fingerprint density at radius 3 is 2.52 bits per heavy atom. The first kappa shape index (κ1) is 18.2. The van der Waals surface area contributed by atoms with E-state index in [0.29, 0.717) is 13.0 Å². The summed E-state index contributed by atoms with van der Waals surface area (Å²) in [4.78, 5) is 18.3. The maximum atomic E-state index is 12.0. The number of ether oxygens (including phenoxy) is 1. The van der Waals surface area contributed by atoms with Gasteiger partial charge in [0.1, 0.15) is 0 Å². The maximum absolute atomic E-state index is 12.0. The van der Waals surface area contributed by atoms with Gasteiger partial charge in [-0.05, 0) is 35.4 Å². The van der Waals surface area contributed by atoms with Gasteiger partial charge in [-0.25, -0.2) is 9.79 Å². The van der Waals surface area contributed by atoms with E-state index in [0.717, 1.165) is 16.8 Å². The molecule has 5 heteroatoms. The largest absolute Gasteiger partial charge is 0.403 e. The van der Waals surface area contributed by atoms with Crippen molar-refractivity contribution in [3.8, 4) is 6.07 Å². The molecule has 0 amide bonds. The molecule has 134 valence electrons. The summed E-state index contributed by atoms with van der Waals surface area (Å²) in [5.74, 6) is -0.180. The molecule has 5 nitrogen and oxygen atoms in total. The summed E-state index contributed by atoms with van der Waals surface area (Å²) in [6.45, 7) is 0.671. The Hall–Kier alpha value is -3.65. The highest BCUT2D eigenvalue weighted by Crippen LogP contribution is 2.19. The van der Waals surface area contributed by atoms with Crippen molar-refractivity contribution in [3.63, 3.8) is 0 Å². The second kappa shape index (κ2) is 8.63. The molecule has 0 atom stereocenters. The minimum absolute atomic E-state index is 0.272. The highest BCUT2D eigenvalue weighted by Gasteiger charge is 2.21. The van der Waals surface area contributed by atoms with Crippen LogP contribution in [-0.4, -0.2) is 25.5 Å². The van der Waals surface area contributed by atoms with E-state index in [1.54, 1.807) is 12.2 Å². The summed E-state index contributed by atoms with van der Waals surface area (Å²) in [6.07, 6.45) is 5.70. The zero-order valence-electron chi connectivity index (χ0n) is 15.0. The summed E-state index contributed by atoms with van der Waals surface area (Å²) >= 11 is 0. The fourth-order valence-corrected chi connectivity index (χ4v) is 2.56. The van der Waals surface area contributed by atoms with Crippen molar-refractivity contribution in [1.82, 2.24) is 0 Å². The minimum Gasteiger partial charge on any atom is -0.403 e. The van der Waals surface area contributed by atoms with Crippen molar-refractivity contribution < 1.29 is 9.53 Å². The highest BCUT2D eigenvalue weighted by molar-refractivity contribution is 6.11. The molecule has 1 aliphatic rings. The van der Waals surface area contributed by atoms with Gasteiger partial charge < -0.3 is 9.64 Å². The van der Waals surface area contributed by atoms with E-state index in [9.17, 15) is 4.79 Å². The number of cyclic esters (lactones) is 1. The molecule has 0 spiro atoms. The van der Waals surface area contributed by atoms with Crippen LogP contribution in [0, 0.1) is 11.3 Å². The predicted octanol–water partition coefficient (Wildman–Crippen LogP) is 4.05. The summed E-state index contributed by atoms with van der Waals surface area (Å²) < 4.78 is 5.19. The van der Waals surface area contributed by atoms with Crippen LogP contribution in [0.1, 0.15) is 17.5 Å². The molecule has 0 saturated carbocycles. The second-order valence-corrected chi connectivity index (χ2v) is 6.03. The van der Waals surface area contributed by atoms with Gasteiger partial charge in [0.25, 0.3) is 0 Å². The number of nitriles is 1. The summed E-state index contributed by atoms with van der Waals surface area (Å²) in [5, 5.41) is 8.67. The van der Waals surface area contributed by atoms with Gasteiger partial charge >= 0.3 is 5.97 Å². The number of esters is 1. The van der Waals surface area contributed by atoms with Gasteiger partial charge in [0.05, 0.1) is 12.5 Å². The monoisotopic (exact) mass is 357 g/mol. The average Bonchev–Trinajstić information content (AvgIpc) is 3.05. The van der Waals surface area contributed by atoms with E-state index in [-0.39, 0.29) is 11.6 Å². The lowest BCUT2D eigenvalue weighted by Gasteiger charge is -2.17. The van der Waals surface area contributed by atoms with Crippen molar-refractivity contribution in [3.05, 3.63) is 77.5 Å². The van der Waals surface area contributed by atoms with Crippen LogP contribution in [0.5, 0.6) is 0 Å². The van der Waals surface area contributed by atoms with Gasteiger partial charge in [-0.15, -0.1) is 0 Å². The topological polar surface area (TPSA) is 65.7 Å². The second-order valence-electron chi connectivity index (χ2n) is 6.03. The third kappa shape index (κ3) is 4.93. The molecule has 0 unspecified atom stereocenters. The molecule has 27 heavy (non-hydrogen) atoms. The number of carbonyl (C=O) groups is 1. The number of hydrogen-bond donors (Lipinski definition) is 0. The smallest absolute Gasteiger partial charge is 0.363 e. The number of nitrogens with zero attached hydrogens (tertiary/aromatic N) is 3. The first-order valence-electron chi connectivity index (χ1n) is 8.59. The van der Waals surface area contributed by atoms with Crippen LogP contribution >= 0.6 is 0 Å². The molecular formula is C22H19N3O2. The van der Waals surface area contributed by atoms with Crippen molar-refractivity contribution in [2.45, 2.75) is 6.42 Å². The summed E-state index contributed by atoms with van der Waals surface area (Å²) in [5.41, 5.74) is 3.14. The minimum atomic E-state index is -0.460. The van der Waals surface area contributed by atoms with E-state index < -0.39 is 5.97 Å². The lowest BCUT2D eigenvalue weighted by molar-refractivity contribution is -0.129. The Morgan fingerprint density at radius 1 is 1.07 bits per heavy atom. The zero-order valence-corrected chi connectivity index (χ0v) is 15.0. The van der Waals surface area contributed by atoms with Crippen molar-refractivity contribution >= 4 is 29.7 Å². The molecule has 0 fully saturated rings. The highest BCUT2D eigenvalue weighted by atomic mass is 16.6. The fourth-order valence-electron chi connectivity index (χ4n) is 2.56. The molecule has 0 N–H and O–H groups in total. The van der Waals surface area contributed by atoms with Gasteiger partial charge in [-0.1, -0.05) is 42.5 Å². The van der Waals surface area contributed by atoms with Crippen molar-refractivity contribution in [2.75, 3.05) is 18.5 Å². The van der Waals surface area contributed by atoms with Crippen LogP contribution in [0.4, 0.5) is 5.69 Å². The zero-order chi connectivity index (χ0) is 19.1. The average molecular weight is 357 g/mol. The van der Waals surface area contributed by atoms with Gasteiger partial charge in [-0.2, -0.15) is 5.26 Å². The molecule has 2 aromatic rings. The van der Waals surface area contributed by atoms with Crippen LogP contribution in [0.2, 0.25) is 0 Å². The molecule has 0 bridgehead atoms. The number of hydrogen-bond acceptors (Lipinski definition) is 5. The molecule has 0 aliphatic carbocycles. The Labute approximate surface area is 158 Å². The number of benzene rings is 2. The Bertz CT molecular complexity index is 936. The Balaban J connectivity index is 1.71. The number of aliphatic imine (C=N–C) groups is 1. The lowest BCUT2D eigenvalue weighted by Crippen LogP contribution is -2.17. The van der Waals surface area contributed by atoms with E-state index in [1.165, 1.54) is 0 Å². The first-order valence-corrected chi connectivity index (χ1v) is 8.59. The van der Waals surface area contributed by atoms with Crippen LogP contribution in [-0.2, 0) is 9.53 Å². The molecule has 0 aromatic heterocycles. The van der Waals surface area contributed by atoms with Gasteiger partial charge in [-0.3, -0.25) is 0 Å². The molecule has 1 aliphatic heterocycles. The van der Waals surface area contributed by atoms with Gasteiger partial charge in [0, 0.05) is 25.4 Å². The first-order chi connectivity index (χ1) is 13.2. The van der Waals surface area contributed by atoms with E-state index in [2.05, 4.69) is 11.1 Å². The molecule has 2 aromatic carbocycles. The maximum Gasteiger partial charge on any atom is 0.363 e. The molecule has 3 rings (SSSR count). The van der Waals surface area contributed by atoms with Crippen LogP contribution in [0.15, 0.2) is 71.4 Å². The van der Waals surface area contributed by atoms with Crippen LogP contribution in [0.25, 0.3) is 12.2 Å². The van der Waals surface area contributed by atoms with E-state index >= 15 is 0 Å². The quantitative estimate of drug-likeness (QED) is 0.578. The number of rotatable bonds is 6. The van der Waals surface area contributed by atoms with E-state index in [4.69, 9.17) is 10.00 Å². The molecule has 0 saturated heterocycles. The van der Waals surface area contributed by atoms with Crippen LogP contribution < -0.4 is 4.90 Å². The molecular weight excluding hydrogens is 338 g/mol. The van der Waals surface area contributed by atoms with Gasteiger partial charge in [0.15, 0.2) is 5.70 Å².